The zero-order valence-corrected chi connectivity index (χ0v) is 23.7. The predicted octanol–water partition coefficient (Wildman–Crippen LogP) is 5.61. The van der Waals surface area contributed by atoms with Gasteiger partial charge in [0.2, 0.25) is 11.9 Å². The number of H-pyrrole nitrogens is 1. The van der Waals surface area contributed by atoms with Crippen molar-refractivity contribution in [3.8, 4) is 16.9 Å². The number of benzene rings is 2. The molecule has 2 amide bonds. The number of aromatic nitrogens is 5. The number of para-hydroxylation sites is 1. The summed E-state index contributed by atoms with van der Waals surface area (Å²) >= 11 is 6.50. The number of anilines is 2. The Kier molecular flexibility index (Phi) is 7.45. The Balaban J connectivity index is 1.14. The number of halogens is 1. The third-order valence-corrected chi connectivity index (χ3v) is 7.66. The molecule has 2 aromatic carbocycles. The van der Waals surface area contributed by atoms with Crippen molar-refractivity contribution in [2.75, 3.05) is 23.7 Å². The van der Waals surface area contributed by atoms with Gasteiger partial charge in [-0.15, -0.1) is 0 Å². The fourth-order valence-electron chi connectivity index (χ4n) is 5.21. The summed E-state index contributed by atoms with van der Waals surface area (Å²) in [6.45, 7) is 6.55. The van der Waals surface area contributed by atoms with Gasteiger partial charge in [-0.2, -0.15) is 0 Å². The lowest BCUT2D eigenvalue weighted by atomic mass is 10.0. The number of rotatable bonds is 7. The first-order chi connectivity index (χ1) is 20.4. The Morgan fingerprint density at radius 1 is 1.14 bits per heavy atom. The van der Waals surface area contributed by atoms with Crippen LogP contribution in [-0.2, 0) is 4.79 Å². The molecule has 42 heavy (non-hydrogen) atoms. The van der Waals surface area contributed by atoms with Crippen LogP contribution in [0.15, 0.2) is 80.0 Å². The van der Waals surface area contributed by atoms with Crippen molar-refractivity contribution in [2.24, 2.45) is 0 Å². The van der Waals surface area contributed by atoms with Gasteiger partial charge in [-0.1, -0.05) is 36.4 Å². The number of aromatic amines is 1. The number of amides is 2. The van der Waals surface area contributed by atoms with E-state index in [9.17, 15) is 9.59 Å². The van der Waals surface area contributed by atoms with Gasteiger partial charge in [-0.3, -0.25) is 9.59 Å². The van der Waals surface area contributed by atoms with Gasteiger partial charge in [-0.05, 0) is 50.1 Å². The SMILES string of the molecule is C=CC(=O)Nc1ccc(C(=O)N2CCC(Nc3ncc(Cl)c(-c4c[nH]c5ccccc45)n3)CC2)cc1-n1cnc(C)c1. The minimum absolute atomic E-state index is 0.0718. The van der Waals surface area contributed by atoms with Crippen molar-refractivity contribution in [2.45, 2.75) is 25.8 Å². The highest BCUT2D eigenvalue weighted by Gasteiger charge is 2.25. The van der Waals surface area contributed by atoms with Gasteiger partial charge in [0, 0.05) is 53.6 Å². The molecule has 6 rings (SSSR count). The molecule has 1 saturated heterocycles. The first-order valence-corrected chi connectivity index (χ1v) is 14.0. The summed E-state index contributed by atoms with van der Waals surface area (Å²) in [5.74, 6) is 0.0966. The lowest BCUT2D eigenvalue weighted by molar-refractivity contribution is -0.111. The number of likely N-dealkylation sites (tertiary alicyclic amines) is 1. The maximum atomic E-state index is 13.5. The van der Waals surface area contributed by atoms with E-state index in [1.807, 2.05) is 48.5 Å². The van der Waals surface area contributed by atoms with Crippen LogP contribution in [0.3, 0.4) is 0 Å². The van der Waals surface area contributed by atoms with E-state index in [1.54, 1.807) is 35.3 Å². The number of carbonyl (C=O) groups excluding carboxylic acids is 2. The highest BCUT2D eigenvalue weighted by Crippen LogP contribution is 2.32. The third-order valence-electron chi connectivity index (χ3n) is 7.38. The number of nitrogens with zero attached hydrogens (tertiary/aromatic N) is 5. The lowest BCUT2D eigenvalue weighted by Gasteiger charge is -2.32. The van der Waals surface area contributed by atoms with Gasteiger partial charge in [0.05, 0.1) is 40.3 Å². The third kappa shape index (κ3) is 5.48. The van der Waals surface area contributed by atoms with Crippen LogP contribution in [0.4, 0.5) is 11.6 Å². The number of hydrogen-bond donors (Lipinski definition) is 3. The molecule has 1 aliphatic rings. The van der Waals surface area contributed by atoms with Crippen LogP contribution < -0.4 is 10.6 Å². The van der Waals surface area contributed by atoms with E-state index in [-0.39, 0.29) is 17.9 Å². The van der Waals surface area contributed by atoms with Gasteiger partial charge in [0.25, 0.3) is 5.91 Å². The van der Waals surface area contributed by atoms with Crippen LogP contribution in [0.25, 0.3) is 27.8 Å². The fourth-order valence-corrected chi connectivity index (χ4v) is 5.40. The van der Waals surface area contributed by atoms with E-state index in [4.69, 9.17) is 16.6 Å². The highest BCUT2D eigenvalue weighted by atomic mass is 35.5. The van der Waals surface area contributed by atoms with Crippen LogP contribution in [0, 0.1) is 6.92 Å². The van der Waals surface area contributed by atoms with E-state index in [1.165, 1.54) is 6.08 Å². The molecule has 4 heterocycles. The smallest absolute Gasteiger partial charge is 0.253 e. The average molecular weight is 581 g/mol. The van der Waals surface area contributed by atoms with Crippen molar-refractivity contribution in [3.05, 3.63) is 96.3 Å². The Morgan fingerprint density at radius 3 is 2.71 bits per heavy atom. The van der Waals surface area contributed by atoms with E-state index >= 15 is 0 Å². The Bertz CT molecular complexity index is 1800. The predicted molar refractivity (Wildman–Crippen MR) is 164 cm³/mol. The first-order valence-electron chi connectivity index (χ1n) is 13.6. The topological polar surface area (TPSA) is 121 Å². The van der Waals surface area contributed by atoms with Crippen LogP contribution >= 0.6 is 11.6 Å². The molecule has 1 fully saturated rings. The maximum absolute atomic E-state index is 13.5. The second kappa shape index (κ2) is 11.5. The zero-order chi connectivity index (χ0) is 29.2. The van der Waals surface area contributed by atoms with Gasteiger partial charge in [-0.25, -0.2) is 15.0 Å². The lowest BCUT2D eigenvalue weighted by Crippen LogP contribution is -2.42. The summed E-state index contributed by atoms with van der Waals surface area (Å²) in [7, 11) is 0. The molecule has 0 aliphatic carbocycles. The molecule has 5 aromatic rings. The van der Waals surface area contributed by atoms with Crippen LogP contribution in [0.2, 0.25) is 5.02 Å². The number of piperidine rings is 1. The molecule has 0 atom stereocenters. The monoisotopic (exact) mass is 580 g/mol. The molecule has 0 radical (unpaired) electrons. The van der Waals surface area contributed by atoms with Crippen molar-refractivity contribution >= 4 is 46.0 Å². The molecule has 0 unspecified atom stereocenters. The number of nitrogens with one attached hydrogen (secondary N) is 3. The summed E-state index contributed by atoms with van der Waals surface area (Å²) in [5, 5.41) is 7.76. The van der Waals surface area contributed by atoms with E-state index in [0.717, 1.165) is 35.0 Å². The minimum Gasteiger partial charge on any atom is -0.360 e. The molecule has 0 saturated carbocycles. The number of carbonyl (C=O) groups is 2. The number of aryl methyl sites for hydroxylation is 1. The summed E-state index contributed by atoms with van der Waals surface area (Å²) < 4.78 is 1.79. The molecule has 3 N–H and O–H groups in total. The largest absolute Gasteiger partial charge is 0.360 e. The second-order valence-corrected chi connectivity index (χ2v) is 10.6. The molecule has 0 spiro atoms. The molecule has 10 nitrogen and oxygen atoms in total. The van der Waals surface area contributed by atoms with Crippen molar-refractivity contribution in [1.29, 1.82) is 0 Å². The summed E-state index contributed by atoms with van der Waals surface area (Å²) in [6, 6.07) is 13.3. The van der Waals surface area contributed by atoms with Crippen molar-refractivity contribution in [3.63, 3.8) is 0 Å². The average Bonchev–Trinajstić information content (AvgIpc) is 3.64. The van der Waals surface area contributed by atoms with Crippen LogP contribution in [-0.4, -0.2) is 60.3 Å². The Labute approximate surface area is 247 Å². The van der Waals surface area contributed by atoms with Crippen molar-refractivity contribution < 1.29 is 9.59 Å². The number of fused-ring (bicyclic) bond motifs is 1. The number of hydrogen-bond acceptors (Lipinski definition) is 6. The highest BCUT2D eigenvalue weighted by molar-refractivity contribution is 6.33. The molecule has 0 bridgehead atoms. The van der Waals surface area contributed by atoms with Gasteiger partial charge in [0.15, 0.2) is 0 Å². The maximum Gasteiger partial charge on any atom is 0.253 e. The quantitative estimate of drug-likeness (QED) is 0.215. The molecule has 1 aliphatic heterocycles. The molecule has 3 aromatic heterocycles. The van der Waals surface area contributed by atoms with Crippen LogP contribution in [0.1, 0.15) is 28.9 Å². The molecular weight excluding hydrogens is 552 g/mol. The minimum atomic E-state index is -0.333. The van der Waals surface area contributed by atoms with Gasteiger partial charge >= 0.3 is 0 Å². The summed E-state index contributed by atoms with van der Waals surface area (Å²) in [4.78, 5) is 44.0. The Morgan fingerprint density at radius 2 is 1.95 bits per heavy atom. The van der Waals surface area contributed by atoms with Crippen molar-refractivity contribution in [1.82, 2.24) is 29.4 Å². The van der Waals surface area contributed by atoms with E-state index in [0.29, 0.717) is 46.7 Å². The van der Waals surface area contributed by atoms with Gasteiger partial charge in [0.1, 0.15) is 0 Å². The molecule has 11 heteroatoms. The Hall–Kier alpha value is -4.96. The van der Waals surface area contributed by atoms with Gasteiger partial charge < -0.3 is 25.1 Å². The van der Waals surface area contributed by atoms with E-state index < -0.39 is 0 Å². The normalized spacial score (nSPS) is 13.7. The molecule has 212 valence electrons. The molecular formula is C31H29ClN8O2. The zero-order valence-electron chi connectivity index (χ0n) is 23.0. The second-order valence-electron chi connectivity index (χ2n) is 10.2. The fraction of sp³-hybridized carbons (Fsp3) is 0.194. The first kappa shape index (κ1) is 27.2. The summed E-state index contributed by atoms with van der Waals surface area (Å²) in [6.07, 6.45) is 9.70. The number of imidazole rings is 1. The van der Waals surface area contributed by atoms with E-state index in [2.05, 4.69) is 32.2 Å². The standard InChI is InChI=1S/C31H29ClN8O2/c1-3-28(41)37-26-9-8-20(14-27(26)40-17-19(2)35-18-40)30(42)39-12-10-21(11-13-39)36-31-34-16-24(32)29(38-31)23-15-33-25-7-5-4-6-22(23)25/h3-9,14-18,21,33H,1,10-13H2,2H3,(H,37,41)(H,34,36,38). The van der Waals surface area contributed by atoms with Crippen LogP contribution in [0.5, 0.6) is 0 Å². The summed E-state index contributed by atoms with van der Waals surface area (Å²) in [5.41, 5.74) is 5.16.